The summed E-state index contributed by atoms with van der Waals surface area (Å²) >= 11 is 17.1. The summed E-state index contributed by atoms with van der Waals surface area (Å²) in [6, 6.07) is 9.06. The summed E-state index contributed by atoms with van der Waals surface area (Å²) < 4.78 is 27.1. The van der Waals surface area contributed by atoms with Gasteiger partial charge < -0.3 is 10.4 Å². The SMILES string of the molecule is O=C(O)c1cc(Cl)ccc1Nc1cc(S(=O)(=O)C2CSCCN2)nc2cc(Br)c(Cl)cc12. The Hall–Kier alpha value is -1.56. The second-order valence-corrected chi connectivity index (χ2v) is 11.9. The molecule has 1 fully saturated rings. The number of aromatic carboxylic acids is 1. The number of fused-ring (bicyclic) bond motifs is 1. The largest absolute Gasteiger partial charge is 0.478 e. The number of halogens is 3. The number of thioether (sulfide) groups is 1. The zero-order chi connectivity index (χ0) is 23.0. The van der Waals surface area contributed by atoms with Gasteiger partial charge >= 0.3 is 5.97 Å². The van der Waals surface area contributed by atoms with Crippen LogP contribution in [-0.2, 0) is 9.84 Å². The van der Waals surface area contributed by atoms with Crippen LogP contribution in [0.2, 0.25) is 10.0 Å². The number of nitrogens with zero attached hydrogens (tertiary/aromatic N) is 1. The minimum atomic E-state index is -3.79. The number of hydrogen-bond acceptors (Lipinski definition) is 7. The molecule has 7 nitrogen and oxygen atoms in total. The van der Waals surface area contributed by atoms with Gasteiger partial charge in [-0.25, -0.2) is 18.2 Å². The molecule has 1 atom stereocenters. The molecule has 32 heavy (non-hydrogen) atoms. The Bertz CT molecular complexity index is 1330. The molecule has 3 aromatic rings. The Balaban J connectivity index is 1.89. The van der Waals surface area contributed by atoms with Gasteiger partial charge in [0.1, 0.15) is 5.37 Å². The summed E-state index contributed by atoms with van der Waals surface area (Å²) in [4.78, 5) is 16.1. The maximum atomic E-state index is 13.3. The van der Waals surface area contributed by atoms with E-state index in [1.54, 1.807) is 30.0 Å². The van der Waals surface area contributed by atoms with Crippen molar-refractivity contribution in [2.75, 3.05) is 23.4 Å². The summed E-state index contributed by atoms with van der Waals surface area (Å²) in [7, 11) is -3.79. The fourth-order valence-electron chi connectivity index (χ4n) is 3.28. The van der Waals surface area contributed by atoms with E-state index >= 15 is 0 Å². The predicted molar refractivity (Wildman–Crippen MR) is 132 cm³/mol. The zero-order valence-corrected chi connectivity index (χ0v) is 21.0. The van der Waals surface area contributed by atoms with Gasteiger partial charge in [-0.2, -0.15) is 11.8 Å². The van der Waals surface area contributed by atoms with Gasteiger partial charge in [0.2, 0.25) is 9.84 Å². The number of aromatic nitrogens is 1. The van der Waals surface area contributed by atoms with E-state index in [1.165, 1.54) is 18.2 Å². The van der Waals surface area contributed by atoms with E-state index in [0.29, 0.717) is 38.4 Å². The van der Waals surface area contributed by atoms with Crippen molar-refractivity contribution in [3.05, 3.63) is 56.5 Å². The lowest BCUT2D eigenvalue weighted by Gasteiger charge is -2.23. The Morgan fingerprint density at radius 2 is 2.00 bits per heavy atom. The van der Waals surface area contributed by atoms with Crippen molar-refractivity contribution in [3.63, 3.8) is 0 Å². The number of carbonyl (C=O) groups is 1. The van der Waals surface area contributed by atoms with Gasteiger partial charge in [0, 0.05) is 32.9 Å². The molecule has 0 aliphatic carbocycles. The van der Waals surface area contributed by atoms with Crippen molar-refractivity contribution >= 4 is 89.0 Å². The molecule has 1 aliphatic heterocycles. The van der Waals surface area contributed by atoms with Gasteiger partial charge in [-0.1, -0.05) is 23.2 Å². The molecule has 3 N–H and O–H groups in total. The van der Waals surface area contributed by atoms with E-state index in [1.807, 2.05) is 0 Å². The number of pyridine rings is 1. The van der Waals surface area contributed by atoms with E-state index in [9.17, 15) is 18.3 Å². The molecular weight excluding hydrogens is 561 g/mol. The topological polar surface area (TPSA) is 108 Å². The fraction of sp³-hybridized carbons (Fsp3) is 0.200. The van der Waals surface area contributed by atoms with Gasteiger partial charge in [0.05, 0.1) is 27.5 Å². The van der Waals surface area contributed by atoms with Crippen LogP contribution in [0, 0.1) is 0 Å². The van der Waals surface area contributed by atoms with Crippen molar-refractivity contribution in [3.8, 4) is 0 Å². The number of hydrogen-bond donors (Lipinski definition) is 3. The maximum Gasteiger partial charge on any atom is 0.337 e. The number of anilines is 2. The van der Waals surface area contributed by atoms with Crippen molar-refractivity contribution in [1.82, 2.24) is 10.3 Å². The van der Waals surface area contributed by atoms with Crippen molar-refractivity contribution in [2.24, 2.45) is 0 Å². The lowest BCUT2D eigenvalue weighted by Crippen LogP contribution is -2.43. The summed E-state index contributed by atoms with van der Waals surface area (Å²) in [6.45, 7) is 0.584. The number of rotatable bonds is 5. The van der Waals surface area contributed by atoms with E-state index in [-0.39, 0.29) is 21.3 Å². The normalized spacial score (nSPS) is 16.8. The summed E-state index contributed by atoms with van der Waals surface area (Å²) in [6.07, 6.45) is 0. The van der Waals surface area contributed by atoms with Gasteiger partial charge in [-0.15, -0.1) is 0 Å². The second-order valence-electron chi connectivity index (χ2n) is 6.97. The molecular formula is C20H16BrCl2N3O4S2. The van der Waals surface area contributed by atoms with Crippen LogP contribution in [0.25, 0.3) is 10.9 Å². The van der Waals surface area contributed by atoms with E-state index in [4.69, 9.17) is 23.2 Å². The molecule has 0 saturated carbocycles. The molecule has 0 spiro atoms. The van der Waals surface area contributed by atoms with Gasteiger partial charge in [-0.05, 0) is 52.3 Å². The quantitative estimate of drug-likeness (QED) is 0.381. The average molecular weight is 577 g/mol. The molecule has 4 rings (SSSR count). The third kappa shape index (κ3) is 4.71. The molecule has 2 aromatic carbocycles. The lowest BCUT2D eigenvalue weighted by molar-refractivity contribution is 0.0698. The highest BCUT2D eigenvalue weighted by Crippen LogP contribution is 2.36. The van der Waals surface area contributed by atoms with E-state index in [0.717, 1.165) is 5.75 Å². The van der Waals surface area contributed by atoms with Crippen LogP contribution in [-0.4, -0.2) is 47.9 Å². The summed E-state index contributed by atoms with van der Waals surface area (Å²) in [5, 5.41) is 16.0. The molecule has 168 valence electrons. The van der Waals surface area contributed by atoms with Crippen molar-refractivity contribution < 1.29 is 18.3 Å². The molecule has 0 bridgehead atoms. The monoisotopic (exact) mass is 575 g/mol. The number of benzene rings is 2. The highest BCUT2D eigenvalue weighted by atomic mass is 79.9. The predicted octanol–water partition coefficient (Wildman–Crippen LogP) is 5.18. The van der Waals surface area contributed by atoms with Crippen LogP contribution < -0.4 is 10.6 Å². The summed E-state index contributed by atoms with van der Waals surface area (Å²) in [5.74, 6) is 0.0739. The van der Waals surface area contributed by atoms with Crippen molar-refractivity contribution in [1.29, 1.82) is 0 Å². The molecule has 1 aliphatic rings. The minimum absolute atomic E-state index is 0.0552. The first-order chi connectivity index (χ1) is 15.2. The first-order valence-corrected chi connectivity index (χ1v) is 13.6. The van der Waals surface area contributed by atoms with Crippen LogP contribution in [0.15, 0.2) is 45.9 Å². The van der Waals surface area contributed by atoms with Crippen LogP contribution in [0.4, 0.5) is 11.4 Å². The minimum Gasteiger partial charge on any atom is -0.478 e. The lowest BCUT2D eigenvalue weighted by atomic mass is 10.1. The number of carboxylic acids is 1. The van der Waals surface area contributed by atoms with Crippen LogP contribution in [0.1, 0.15) is 10.4 Å². The molecule has 1 aromatic heterocycles. The van der Waals surface area contributed by atoms with Crippen molar-refractivity contribution in [2.45, 2.75) is 10.4 Å². The highest BCUT2D eigenvalue weighted by Gasteiger charge is 2.31. The maximum absolute atomic E-state index is 13.3. The van der Waals surface area contributed by atoms with Crippen LogP contribution in [0.3, 0.4) is 0 Å². The summed E-state index contributed by atoms with van der Waals surface area (Å²) in [5.41, 5.74) is 0.943. The molecule has 1 unspecified atom stereocenters. The molecule has 1 saturated heterocycles. The number of sulfone groups is 1. The van der Waals surface area contributed by atoms with Crippen LogP contribution in [0.5, 0.6) is 0 Å². The average Bonchev–Trinajstić information content (AvgIpc) is 2.76. The third-order valence-corrected chi connectivity index (χ3v) is 9.44. The Labute approximate surface area is 206 Å². The van der Waals surface area contributed by atoms with Gasteiger partial charge in [0.25, 0.3) is 0 Å². The molecule has 0 amide bonds. The number of nitrogens with one attached hydrogen (secondary N) is 2. The second kappa shape index (κ2) is 9.36. The Kier molecular flexibility index (Phi) is 6.90. The zero-order valence-electron chi connectivity index (χ0n) is 16.2. The smallest absolute Gasteiger partial charge is 0.337 e. The third-order valence-electron chi connectivity index (χ3n) is 4.86. The molecule has 12 heteroatoms. The molecule has 2 heterocycles. The Morgan fingerprint density at radius 3 is 2.69 bits per heavy atom. The van der Waals surface area contributed by atoms with Crippen LogP contribution >= 0.6 is 50.9 Å². The fourth-order valence-corrected chi connectivity index (χ4v) is 6.85. The first-order valence-electron chi connectivity index (χ1n) is 9.31. The molecule has 0 radical (unpaired) electrons. The van der Waals surface area contributed by atoms with Gasteiger partial charge in [0.15, 0.2) is 5.03 Å². The first kappa shape index (κ1) is 23.6. The van der Waals surface area contributed by atoms with Gasteiger partial charge in [-0.3, -0.25) is 5.32 Å². The van der Waals surface area contributed by atoms with E-state index < -0.39 is 21.2 Å². The standard InChI is InChI=1S/C20H16BrCl2N3O4S2/c21-13-7-16-11(6-14(13)23)17(25-15-2-1-10(22)5-12(15)20(27)28)8-18(26-16)32(29,30)19-9-31-4-3-24-19/h1-2,5-8,19,24H,3-4,9H2,(H,25,26)(H,27,28). The van der Waals surface area contributed by atoms with E-state index in [2.05, 4.69) is 31.5 Å². The Morgan fingerprint density at radius 1 is 1.22 bits per heavy atom. The number of carboxylic acid groups (broad SMARTS) is 1. The highest BCUT2D eigenvalue weighted by molar-refractivity contribution is 9.10.